The summed E-state index contributed by atoms with van der Waals surface area (Å²) in [6.07, 6.45) is -1.04. The first-order chi connectivity index (χ1) is 3.48. The maximum atomic E-state index is 8.69. The molecule has 0 rings (SSSR count). The summed E-state index contributed by atoms with van der Waals surface area (Å²) in [4.78, 5) is 0. The Morgan fingerprint density at radius 3 is 2.00 bits per heavy atom. The highest BCUT2D eigenvalue weighted by Crippen LogP contribution is 1.94. The van der Waals surface area contributed by atoms with Gasteiger partial charge in [0.25, 0.3) is 0 Å². The summed E-state index contributed by atoms with van der Waals surface area (Å²) < 4.78 is 0. The molecule has 0 aromatic carbocycles. The molecule has 0 fully saturated rings. The van der Waals surface area contributed by atoms with Crippen molar-refractivity contribution in [3.8, 4) is 0 Å². The Bertz CT molecular complexity index is 68.9. The van der Waals surface area contributed by atoms with E-state index in [0.29, 0.717) is 0 Å². The quantitative estimate of drug-likeness (QED) is 0.316. The van der Waals surface area contributed by atoms with Gasteiger partial charge in [0.1, 0.15) is 6.10 Å². The standard InChI is InChI=1S/C4H12N2O2/c1-4(5,6)3(8)2-7/h3,7-8H,2,5-6H2,1H3. The van der Waals surface area contributed by atoms with Crippen molar-refractivity contribution in [2.45, 2.75) is 18.7 Å². The lowest BCUT2D eigenvalue weighted by atomic mass is 10.1. The van der Waals surface area contributed by atoms with Crippen LogP contribution >= 0.6 is 0 Å². The highest BCUT2D eigenvalue weighted by atomic mass is 16.3. The lowest BCUT2D eigenvalue weighted by molar-refractivity contribution is 0.0401. The second-order valence-electron chi connectivity index (χ2n) is 2.06. The van der Waals surface area contributed by atoms with Gasteiger partial charge in [0, 0.05) is 0 Å². The van der Waals surface area contributed by atoms with Gasteiger partial charge in [-0.25, -0.2) is 0 Å². The van der Waals surface area contributed by atoms with Gasteiger partial charge in [0.05, 0.1) is 12.3 Å². The summed E-state index contributed by atoms with van der Waals surface area (Å²) in [6, 6.07) is 0. The zero-order valence-electron chi connectivity index (χ0n) is 4.83. The minimum absolute atomic E-state index is 0.399. The van der Waals surface area contributed by atoms with Crippen molar-refractivity contribution in [3.63, 3.8) is 0 Å². The molecule has 1 atom stereocenters. The van der Waals surface area contributed by atoms with E-state index in [4.69, 9.17) is 21.7 Å². The van der Waals surface area contributed by atoms with Gasteiger partial charge in [-0.2, -0.15) is 0 Å². The van der Waals surface area contributed by atoms with Crippen molar-refractivity contribution >= 4 is 0 Å². The number of hydrogen-bond donors (Lipinski definition) is 4. The molecular formula is C4H12N2O2. The van der Waals surface area contributed by atoms with Crippen molar-refractivity contribution in [2.24, 2.45) is 11.5 Å². The highest BCUT2D eigenvalue weighted by Gasteiger charge is 2.21. The predicted octanol–water partition coefficient (Wildman–Crippen LogP) is -2.03. The van der Waals surface area contributed by atoms with Crippen LogP contribution in [0.1, 0.15) is 6.92 Å². The summed E-state index contributed by atoms with van der Waals surface area (Å²) in [5, 5.41) is 17.0. The van der Waals surface area contributed by atoms with Crippen molar-refractivity contribution in [2.75, 3.05) is 6.61 Å². The molecule has 0 aliphatic heterocycles. The molecule has 0 aromatic heterocycles. The van der Waals surface area contributed by atoms with Crippen molar-refractivity contribution < 1.29 is 10.2 Å². The third kappa shape index (κ3) is 2.23. The summed E-state index contributed by atoms with van der Waals surface area (Å²) >= 11 is 0. The van der Waals surface area contributed by atoms with Crippen molar-refractivity contribution in [1.82, 2.24) is 0 Å². The minimum Gasteiger partial charge on any atom is -0.394 e. The number of aliphatic hydroxyl groups is 2. The van der Waals surface area contributed by atoms with E-state index in [1.165, 1.54) is 6.92 Å². The van der Waals surface area contributed by atoms with Gasteiger partial charge in [0.2, 0.25) is 0 Å². The van der Waals surface area contributed by atoms with E-state index in [1.807, 2.05) is 0 Å². The van der Waals surface area contributed by atoms with Crippen LogP contribution < -0.4 is 11.5 Å². The number of aliphatic hydroxyl groups excluding tert-OH is 2. The van der Waals surface area contributed by atoms with E-state index in [1.54, 1.807) is 0 Å². The summed E-state index contributed by atoms with van der Waals surface area (Å²) in [5.41, 5.74) is 9.13. The summed E-state index contributed by atoms with van der Waals surface area (Å²) in [7, 11) is 0. The van der Waals surface area contributed by atoms with Gasteiger partial charge in [0.15, 0.2) is 0 Å². The van der Waals surface area contributed by atoms with Crippen LogP contribution in [0.4, 0.5) is 0 Å². The van der Waals surface area contributed by atoms with Crippen LogP contribution in [0.15, 0.2) is 0 Å². The van der Waals surface area contributed by atoms with Gasteiger partial charge >= 0.3 is 0 Å². The second kappa shape index (κ2) is 2.41. The molecular weight excluding hydrogens is 108 g/mol. The molecule has 0 aliphatic carbocycles. The molecule has 4 heteroatoms. The highest BCUT2D eigenvalue weighted by molar-refractivity contribution is 4.78. The van der Waals surface area contributed by atoms with Crippen LogP contribution in [0.3, 0.4) is 0 Å². The molecule has 8 heavy (non-hydrogen) atoms. The van der Waals surface area contributed by atoms with Gasteiger partial charge in [-0.15, -0.1) is 0 Å². The van der Waals surface area contributed by atoms with Crippen molar-refractivity contribution in [3.05, 3.63) is 0 Å². The lowest BCUT2D eigenvalue weighted by Gasteiger charge is -2.23. The van der Waals surface area contributed by atoms with Gasteiger partial charge in [-0.3, -0.25) is 0 Å². The van der Waals surface area contributed by atoms with Crippen LogP contribution in [0, 0.1) is 0 Å². The molecule has 0 saturated heterocycles. The van der Waals surface area contributed by atoms with Crippen LogP contribution in [0.5, 0.6) is 0 Å². The smallest absolute Gasteiger partial charge is 0.108 e. The number of nitrogens with two attached hydrogens (primary N) is 2. The number of rotatable bonds is 2. The van der Waals surface area contributed by atoms with E-state index in [2.05, 4.69) is 0 Å². The molecule has 0 bridgehead atoms. The van der Waals surface area contributed by atoms with Crippen LogP contribution in [-0.2, 0) is 0 Å². The first kappa shape index (κ1) is 7.84. The molecule has 0 spiro atoms. The fraction of sp³-hybridized carbons (Fsp3) is 1.00. The molecule has 1 unspecified atom stereocenters. The monoisotopic (exact) mass is 120 g/mol. The normalized spacial score (nSPS) is 16.1. The maximum Gasteiger partial charge on any atom is 0.108 e. The molecule has 0 aliphatic rings. The predicted molar refractivity (Wildman–Crippen MR) is 29.9 cm³/mol. The maximum absolute atomic E-state index is 8.69. The fourth-order valence-electron chi connectivity index (χ4n) is 0.197. The Kier molecular flexibility index (Phi) is 2.36. The average Bonchev–Trinajstić information content (AvgIpc) is 1.62. The molecule has 4 nitrogen and oxygen atoms in total. The lowest BCUT2D eigenvalue weighted by Crippen LogP contribution is -2.57. The van der Waals surface area contributed by atoms with Crippen LogP contribution in [-0.4, -0.2) is 28.6 Å². The van der Waals surface area contributed by atoms with Crippen molar-refractivity contribution in [1.29, 1.82) is 0 Å². The number of hydrogen-bond acceptors (Lipinski definition) is 4. The third-order valence-corrected chi connectivity index (χ3v) is 0.891. The Morgan fingerprint density at radius 1 is 1.62 bits per heavy atom. The van der Waals surface area contributed by atoms with Gasteiger partial charge in [-0.05, 0) is 6.92 Å². The van der Waals surface area contributed by atoms with E-state index >= 15 is 0 Å². The fourth-order valence-corrected chi connectivity index (χ4v) is 0.197. The first-order valence-electron chi connectivity index (χ1n) is 2.35. The SMILES string of the molecule is CC(N)(N)C(O)CO. The minimum atomic E-state index is -1.19. The van der Waals surface area contributed by atoms with E-state index < -0.39 is 18.4 Å². The molecule has 6 N–H and O–H groups in total. The van der Waals surface area contributed by atoms with Crippen LogP contribution in [0.2, 0.25) is 0 Å². The summed E-state index contributed by atoms with van der Waals surface area (Å²) in [5.74, 6) is 0. The van der Waals surface area contributed by atoms with E-state index in [9.17, 15) is 0 Å². The summed E-state index contributed by atoms with van der Waals surface area (Å²) in [6.45, 7) is 1.04. The first-order valence-corrected chi connectivity index (χ1v) is 2.35. The Balaban J connectivity index is 3.62. The van der Waals surface area contributed by atoms with Crippen LogP contribution in [0.25, 0.3) is 0 Å². The second-order valence-corrected chi connectivity index (χ2v) is 2.06. The Hall–Kier alpha value is -0.160. The van der Waals surface area contributed by atoms with Gasteiger partial charge < -0.3 is 21.7 Å². The topological polar surface area (TPSA) is 92.5 Å². The van der Waals surface area contributed by atoms with E-state index in [-0.39, 0.29) is 0 Å². The van der Waals surface area contributed by atoms with E-state index in [0.717, 1.165) is 0 Å². The Morgan fingerprint density at radius 2 is 2.00 bits per heavy atom. The third-order valence-electron chi connectivity index (χ3n) is 0.891. The Labute approximate surface area is 48.1 Å². The zero-order valence-corrected chi connectivity index (χ0v) is 4.83. The molecule has 50 valence electrons. The average molecular weight is 120 g/mol. The molecule has 0 radical (unpaired) electrons. The molecule has 0 amide bonds. The molecule has 0 saturated carbocycles. The molecule has 0 aromatic rings. The zero-order chi connectivity index (χ0) is 6.78. The van der Waals surface area contributed by atoms with Gasteiger partial charge in [-0.1, -0.05) is 0 Å². The molecule has 0 heterocycles. The largest absolute Gasteiger partial charge is 0.394 e.